The molecule has 72 heavy (non-hydrogen) atoms. The van der Waals surface area contributed by atoms with Gasteiger partial charge in [-0.15, -0.1) is 19.6 Å². The SMILES string of the molecule is CC(C)(CC(=O)OCCN(CCOC(=O)CC(C)(C)SN=O)c1nc(N2CCCCC2)c2nc(N(CCOC(=O)CC(C)(C)SN=O)CCOC(=O)CC(C)(C)SN=O)nc(N3CCCCC3)c2n1)SN=O. The molecule has 2 aliphatic rings. The molecule has 0 amide bonds. The van der Waals surface area contributed by atoms with Crippen LogP contribution in [-0.2, 0) is 38.1 Å². The number of nitroso groups, excluding NO2 is 4. The zero-order valence-electron chi connectivity index (χ0n) is 42.5. The number of carbonyl (C=O) groups excluding carboxylic acids is 4. The largest absolute Gasteiger partial charge is 0.464 e. The van der Waals surface area contributed by atoms with Crippen LogP contribution in [0.25, 0.3) is 11.0 Å². The minimum atomic E-state index is -0.796. The number of fused-ring (bicyclic) bond motifs is 1. The first-order chi connectivity index (χ1) is 34.1. The quantitative estimate of drug-likeness (QED) is 0.0287. The van der Waals surface area contributed by atoms with E-state index < -0.39 is 42.9 Å². The van der Waals surface area contributed by atoms with Gasteiger partial charge >= 0.3 is 23.9 Å². The third-order valence-electron chi connectivity index (χ3n) is 11.3. The van der Waals surface area contributed by atoms with E-state index in [0.717, 1.165) is 86.3 Å². The molecular formula is C44H68N12O12S4. The molecule has 24 nitrogen and oxygen atoms in total. The second-order valence-corrected chi connectivity index (χ2v) is 25.5. The van der Waals surface area contributed by atoms with Gasteiger partial charge in [-0.1, -0.05) is 0 Å². The van der Waals surface area contributed by atoms with Gasteiger partial charge in [-0.2, -0.15) is 9.97 Å². The van der Waals surface area contributed by atoms with Crippen LogP contribution in [0.2, 0.25) is 0 Å². The molecule has 0 spiro atoms. The molecule has 0 aliphatic carbocycles. The minimum Gasteiger partial charge on any atom is -0.464 e. The third-order valence-corrected chi connectivity index (χ3v) is 14.1. The van der Waals surface area contributed by atoms with Crippen LogP contribution < -0.4 is 19.6 Å². The smallest absolute Gasteiger partial charge is 0.307 e. The number of aromatic nitrogens is 4. The standard InChI is InChI=1S/C44H68N12O12S4/c1-41(2,69-49-61)27-31(57)65-23-19-55(20-24-66-32(58)28-42(3,4)70-50-62)39-45-35-36(37(47-39)53-15-11-9-12-16-53)46-40(48-38(35)54-17-13-10-14-18-54)56(21-25-67-33(59)29-43(5,6)71-51-63)22-26-68-34(60)30-44(7,8)72-52-64/h9-30H2,1-8H3. The van der Waals surface area contributed by atoms with Crippen LogP contribution in [0.4, 0.5) is 23.5 Å². The van der Waals surface area contributed by atoms with E-state index >= 15 is 0 Å². The van der Waals surface area contributed by atoms with Gasteiger partial charge in [0.2, 0.25) is 11.9 Å². The molecule has 28 heteroatoms. The van der Waals surface area contributed by atoms with Gasteiger partial charge < -0.3 is 38.5 Å². The Balaban J connectivity index is 1.82. The summed E-state index contributed by atoms with van der Waals surface area (Å²) in [4.78, 5) is 124. The molecule has 2 aromatic heterocycles. The van der Waals surface area contributed by atoms with E-state index in [0.29, 0.717) is 48.8 Å². The Labute approximate surface area is 437 Å². The molecular weight excluding hydrogens is 1020 g/mol. The van der Waals surface area contributed by atoms with Gasteiger partial charge in [0.05, 0.1) is 51.9 Å². The highest BCUT2D eigenvalue weighted by molar-refractivity contribution is 7.99. The van der Waals surface area contributed by atoms with Crippen molar-refractivity contribution in [1.82, 2.24) is 19.9 Å². The van der Waals surface area contributed by atoms with Crippen molar-refractivity contribution in [1.29, 1.82) is 0 Å². The van der Waals surface area contributed by atoms with E-state index in [2.05, 4.69) is 28.1 Å². The number of ether oxygens (including phenoxy) is 4. The zero-order chi connectivity index (χ0) is 53.0. The van der Waals surface area contributed by atoms with E-state index in [1.54, 1.807) is 65.2 Å². The summed E-state index contributed by atoms with van der Waals surface area (Å²) in [6.07, 6.45) is 5.24. The summed E-state index contributed by atoms with van der Waals surface area (Å²) >= 11 is 2.98. The van der Waals surface area contributed by atoms with Crippen LogP contribution in [-0.4, -0.2) is 142 Å². The fraction of sp³-hybridized carbons (Fsp3) is 0.773. The first kappa shape index (κ1) is 59.9. The van der Waals surface area contributed by atoms with Gasteiger partial charge in [0.1, 0.15) is 37.5 Å². The first-order valence-electron chi connectivity index (χ1n) is 23.9. The van der Waals surface area contributed by atoms with E-state index in [9.17, 15) is 38.8 Å². The van der Waals surface area contributed by atoms with Crippen molar-refractivity contribution >= 4 is 106 Å². The summed E-state index contributed by atoms with van der Waals surface area (Å²) in [5.41, 5.74) is 0.880. The van der Waals surface area contributed by atoms with Crippen molar-refractivity contribution in [2.45, 2.75) is 139 Å². The molecule has 0 saturated carbocycles. The van der Waals surface area contributed by atoms with Crippen molar-refractivity contribution in [3.05, 3.63) is 19.6 Å². The van der Waals surface area contributed by atoms with Gasteiger partial charge in [-0.25, -0.2) is 9.97 Å². The van der Waals surface area contributed by atoms with Gasteiger partial charge in [0.15, 0.2) is 11.6 Å². The fourth-order valence-corrected chi connectivity index (χ4v) is 9.26. The average Bonchev–Trinajstić information content (AvgIpc) is 3.29. The van der Waals surface area contributed by atoms with Crippen molar-refractivity contribution in [3.8, 4) is 0 Å². The van der Waals surface area contributed by atoms with Crippen LogP contribution >= 0.6 is 47.8 Å². The maximum Gasteiger partial charge on any atom is 0.307 e. The maximum atomic E-state index is 13.0. The summed E-state index contributed by atoms with van der Waals surface area (Å²) in [6.45, 7) is 16.2. The van der Waals surface area contributed by atoms with Crippen molar-refractivity contribution in [2.24, 2.45) is 18.3 Å². The molecule has 400 valence electrons. The lowest BCUT2D eigenvalue weighted by Crippen LogP contribution is -2.37. The number of esters is 4. The number of hydrogen-bond acceptors (Lipinski definition) is 28. The number of hydrogen-bond donors (Lipinski definition) is 0. The molecule has 2 fully saturated rings. The number of carbonyl (C=O) groups is 4. The monoisotopic (exact) mass is 1080 g/mol. The van der Waals surface area contributed by atoms with Crippen LogP contribution in [0.5, 0.6) is 0 Å². The summed E-state index contributed by atoms with van der Waals surface area (Å²) in [7, 11) is 0. The highest BCUT2D eigenvalue weighted by Gasteiger charge is 2.31. The predicted molar refractivity (Wildman–Crippen MR) is 284 cm³/mol. The molecule has 0 radical (unpaired) electrons. The topological polar surface area (TPSA) is 287 Å². The van der Waals surface area contributed by atoms with Crippen LogP contribution in [0, 0.1) is 19.6 Å². The molecule has 4 rings (SSSR count). The Morgan fingerprint density at radius 2 is 0.694 bits per heavy atom. The number of anilines is 4. The van der Waals surface area contributed by atoms with E-state index in [1.807, 2.05) is 0 Å². The lowest BCUT2D eigenvalue weighted by Gasteiger charge is -2.33. The number of nitrogens with zero attached hydrogens (tertiary/aromatic N) is 12. The summed E-state index contributed by atoms with van der Waals surface area (Å²) in [6, 6.07) is 0. The molecule has 0 N–H and O–H groups in total. The molecule has 0 aromatic carbocycles. The van der Waals surface area contributed by atoms with Crippen LogP contribution in [0.3, 0.4) is 0 Å². The molecule has 0 bridgehead atoms. The molecule has 4 heterocycles. The maximum absolute atomic E-state index is 13.0. The Bertz CT molecular complexity index is 1950. The van der Waals surface area contributed by atoms with E-state index in [-0.39, 0.29) is 90.2 Å². The Morgan fingerprint density at radius 3 is 0.931 bits per heavy atom. The summed E-state index contributed by atoms with van der Waals surface area (Å²) < 4.78 is 31.0. The summed E-state index contributed by atoms with van der Waals surface area (Å²) in [5, 5.41) is 0. The predicted octanol–water partition coefficient (Wildman–Crippen LogP) is 8.52. The van der Waals surface area contributed by atoms with Gasteiger partial charge in [0.25, 0.3) is 0 Å². The lowest BCUT2D eigenvalue weighted by molar-refractivity contribution is -0.145. The molecule has 2 aromatic rings. The average molecular weight is 1090 g/mol. The van der Waals surface area contributed by atoms with Crippen molar-refractivity contribution in [3.63, 3.8) is 0 Å². The third kappa shape index (κ3) is 20.3. The molecule has 0 atom stereocenters. The number of piperidine rings is 2. The Hall–Kier alpha value is -4.70. The minimum absolute atomic E-state index is 0.0797. The van der Waals surface area contributed by atoms with Gasteiger partial charge in [-0.3, -0.25) is 19.2 Å². The first-order valence-corrected chi connectivity index (χ1v) is 26.9. The normalized spacial score (nSPS) is 14.6. The summed E-state index contributed by atoms with van der Waals surface area (Å²) in [5.74, 6) is -0.674. The fourth-order valence-electron chi connectivity index (χ4n) is 7.73. The van der Waals surface area contributed by atoms with Crippen molar-refractivity contribution in [2.75, 3.05) is 98.4 Å². The second-order valence-electron chi connectivity index (χ2n) is 19.8. The van der Waals surface area contributed by atoms with Crippen LogP contribution in [0.15, 0.2) is 18.3 Å². The van der Waals surface area contributed by atoms with E-state index in [4.69, 9.17) is 38.9 Å². The molecule has 0 unspecified atom stereocenters. The lowest BCUT2D eigenvalue weighted by atomic mass is 10.1. The highest BCUT2D eigenvalue weighted by atomic mass is 32.2. The highest BCUT2D eigenvalue weighted by Crippen LogP contribution is 2.36. The number of rotatable bonds is 32. The van der Waals surface area contributed by atoms with Crippen molar-refractivity contribution < 1.29 is 38.1 Å². The zero-order valence-corrected chi connectivity index (χ0v) is 45.7. The van der Waals surface area contributed by atoms with E-state index in [1.165, 1.54) is 0 Å². The second kappa shape index (κ2) is 28.7. The molecule has 2 saturated heterocycles. The molecule has 2 aliphatic heterocycles. The van der Waals surface area contributed by atoms with Gasteiger partial charge in [0, 0.05) is 111 Å². The van der Waals surface area contributed by atoms with Crippen LogP contribution in [0.1, 0.15) is 120 Å². The Kier molecular flexibility index (Phi) is 23.8. The van der Waals surface area contributed by atoms with Gasteiger partial charge in [-0.05, 0) is 93.9 Å². The Morgan fingerprint density at radius 1 is 0.444 bits per heavy atom.